The first-order valence-corrected chi connectivity index (χ1v) is 8.14. The van der Waals surface area contributed by atoms with E-state index in [0.29, 0.717) is 17.7 Å². The van der Waals surface area contributed by atoms with Gasteiger partial charge in [0.2, 0.25) is 0 Å². The molecule has 0 radical (unpaired) electrons. The summed E-state index contributed by atoms with van der Waals surface area (Å²) in [5.41, 5.74) is 2.37. The Kier molecular flexibility index (Phi) is 4.89. The van der Waals surface area contributed by atoms with E-state index in [9.17, 15) is 9.90 Å². The molecule has 0 saturated carbocycles. The zero-order valence-electron chi connectivity index (χ0n) is 14.3. The van der Waals surface area contributed by atoms with Crippen LogP contribution in [-0.4, -0.2) is 24.3 Å². The van der Waals surface area contributed by atoms with Gasteiger partial charge in [-0.1, -0.05) is 42.5 Å². The van der Waals surface area contributed by atoms with E-state index in [4.69, 9.17) is 9.47 Å². The molecule has 3 rings (SSSR count). The second-order valence-electron chi connectivity index (χ2n) is 5.93. The Bertz CT molecular complexity index is 915. The molecule has 0 atom stereocenters. The fourth-order valence-corrected chi connectivity index (χ4v) is 2.76. The van der Waals surface area contributed by atoms with Crippen molar-refractivity contribution in [3.8, 4) is 11.5 Å². The quantitative estimate of drug-likeness (QED) is 0.668. The number of rotatable bonds is 6. The number of carbonyl (C=O) groups is 1. The van der Waals surface area contributed by atoms with Gasteiger partial charge in [-0.2, -0.15) is 0 Å². The molecule has 0 bridgehead atoms. The van der Waals surface area contributed by atoms with Gasteiger partial charge >= 0.3 is 5.97 Å². The van der Waals surface area contributed by atoms with E-state index in [0.717, 1.165) is 22.3 Å². The topological polar surface area (TPSA) is 55.8 Å². The molecular weight excluding hydrogens is 316 g/mol. The molecule has 0 fully saturated rings. The number of aromatic carboxylic acids is 1. The molecule has 0 amide bonds. The van der Waals surface area contributed by atoms with Gasteiger partial charge < -0.3 is 14.6 Å². The lowest BCUT2D eigenvalue weighted by Gasteiger charge is -2.13. The third kappa shape index (κ3) is 3.74. The third-order valence-corrected chi connectivity index (χ3v) is 4.05. The summed E-state index contributed by atoms with van der Waals surface area (Å²) in [5.74, 6) is 0.179. The van der Waals surface area contributed by atoms with Crippen LogP contribution >= 0.6 is 0 Å². The van der Waals surface area contributed by atoms with Gasteiger partial charge in [0.15, 0.2) is 0 Å². The van der Waals surface area contributed by atoms with E-state index in [-0.39, 0.29) is 12.2 Å². The third-order valence-electron chi connectivity index (χ3n) is 4.05. The van der Waals surface area contributed by atoms with Crippen molar-refractivity contribution >= 4 is 16.7 Å². The van der Waals surface area contributed by atoms with Gasteiger partial charge in [-0.15, -0.1) is 0 Å². The molecule has 0 unspecified atom stereocenters. The lowest BCUT2D eigenvalue weighted by atomic mass is 10.0. The minimum Gasteiger partial charge on any atom is -0.490 e. The summed E-state index contributed by atoms with van der Waals surface area (Å²) in [5, 5.41) is 11.1. The zero-order chi connectivity index (χ0) is 17.8. The maximum Gasteiger partial charge on any atom is 0.340 e. The van der Waals surface area contributed by atoms with Crippen molar-refractivity contribution in [1.29, 1.82) is 0 Å². The SMILES string of the molecule is Cc1ccc(C)c(OCCOc2ccc3ccccc3c2C(=O)O)c1. The van der Waals surface area contributed by atoms with Crippen molar-refractivity contribution in [2.24, 2.45) is 0 Å². The first-order chi connectivity index (χ1) is 12.1. The molecule has 0 saturated heterocycles. The second-order valence-corrected chi connectivity index (χ2v) is 5.93. The average Bonchev–Trinajstić information content (AvgIpc) is 2.60. The van der Waals surface area contributed by atoms with Gasteiger partial charge in [-0.3, -0.25) is 0 Å². The fourth-order valence-electron chi connectivity index (χ4n) is 2.76. The Morgan fingerprint density at radius 2 is 1.64 bits per heavy atom. The Balaban J connectivity index is 1.72. The maximum atomic E-state index is 11.7. The number of carboxylic acids is 1. The monoisotopic (exact) mass is 336 g/mol. The van der Waals surface area contributed by atoms with Crippen LogP contribution in [0.5, 0.6) is 11.5 Å². The van der Waals surface area contributed by atoms with Crippen LogP contribution in [0.15, 0.2) is 54.6 Å². The van der Waals surface area contributed by atoms with Crippen molar-refractivity contribution in [2.75, 3.05) is 13.2 Å². The van der Waals surface area contributed by atoms with Gasteiger partial charge in [-0.25, -0.2) is 4.79 Å². The highest BCUT2D eigenvalue weighted by Gasteiger charge is 2.15. The largest absolute Gasteiger partial charge is 0.490 e. The molecule has 0 aromatic heterocycles. The molecule has 4 heteroatoms. The second kappa shape index (κ2) is 7.26. The molecule has 0 heterocycles. The van der Waals surface area contributed by atoms with Crippen LogP contribution in [0.25, 0.3) is 10.8 Å². The van der Waals surface area contributed by atoms with Crippen molar-refractivity contribution in [1.82, 2.24) is 0 Å². The van der Waals surface area contributed by atoms with E-state index in [1.54, 1.807) is 12.1 Å². The number of benzene rings is 3. The molecule has 0 aliphatic carbocycles. The number of carboxylic acid groups (broad SMARTS) is 1. The Morgan fingerprint density at radius 3 is 2.40 bits per heavy atom. The minimum atomic E-state index is -0.998. The summed E-state index contributed by atoms with van der Waals surface area (Å²) >= 11 is 0. The summed E-state index contributed by atoms with van der Waals surface area (Å²) in [6.07, 6.45) is 0. The number of ether oxygens (including phenoxy) is 2. The molecule has 0 aliphatic heterocycles. The summed E-state index contributed by atoms with van der Waals surface area (Å²) in [6, 6.07) is 17.0. The number of aryl methyl sites for hydroxylation is 2. The molecule has 0 spiro atoms. The smallest absolute Gasteiger partial charge is 0.340 e. The van der Waals surface area contributed by atoms with Crippen LogP contribution in [0.4, 0.5) is 0 Å². The number of hydrogen-bond donors (Lipinski definition) is 1. The average molecular weight is 336 g/mol. The summed E-state index contributed by atoms with van der Waals surface area (Å²) in [4.78, 5) is 11.7. The van der Waals surface area contributed by atoms with Gasteiger partial charge in [0.05, 0.1) is 0 Å². The summed E-state index contributed by atoms with van der Waals surface area (Å²) in [7, 11) is 0. The first kappa shape index (κ1) is 16.8. The standard InChI is InChI=1S/C21H20O4/c1-14-7-8-15(2)19(13-14)25-12-11-24-18-10-9-16-5-3-4-6-17(16)20(18)21(22)23/h3-10,13H,11-12H2,1-2H3,(H,22,23). The highest BCUT2D eigenvalue weighted by atomic mass is 16.5. The zero-order valence-corrected chi connectivity index (χ0v) is 14.3. The van der Waals surface area contributed by atoms with Crippen LogP contribution < -0.4 is 9.47 Å². The van der Waals surface area contributed by atoms with Crippen LogP contribution in [0.2, 0.25) is 0 Å². The van der Waals surface area contributed by atoms with Crippen molar-refractivity contribution in [3.05, 3.63) is 71.3 Å². The first-order valence-electron chi connectivity index (χ1n) is 8.14. The van der Waals surface area contributed by atoms with Crippen LogP contribution in [-0.2, 0) is 0 Å². The highest BCUT2D eigenvalue weighted by molar-refractivity contribution is 6.06. The van der Waals surface area contributed by atoms with Gasteiger partial charge in [0, 0.05) is 0 Å². The van der Waals surface area contributed by atoms with Crippen molar-refractivity contribution in [2.45, 2.75) is 13.8 Å². The number of hydrogen-bond acceptors (Lipinski definition) is 3. The minimum absolute atomic E-state index is 0.185. The van der Waals surface area contributed by atoms with Crippen LogP contribution in [0.1, 0.15) is 21.5 Å². The van der Waals surface area contributed by atoms with E-state index in [1.807, 2.05) is 56.3 Å². The van der Waals surface area contributed by atoms with Gasteiger partial charge in [-0.05, 0) is 47.9 Å². The lowest BCUT2D eigenvalue weighted by molar-refractivity contribution is 0.0693. The van der Waals surface area contributed by atoms with Crippen molar-refractivity contribution in [3.63, 3.8) is 0 Å². The predicted molar refractivity (Wildman–Crippen MR) is 97.8 cm³/mol. The molecular formula is C21H20O4. The van der Waals surface area contributed by atoms with Gasteiger partial charge in [0.1, 0.15) is 30.3 Å². The molecule has 25 heavy (non-hydrogen) atoms. The maximum absolute atomic E-state index is 11.7. The van der Waals surface area contributed by atoms with E-state index < -0.39 is 5.97 Å². The Morgan fingerprint density at radius 1 is 0.920 bits per heavy atom. The Labute approximate surface area is 146 Å². The molecule has 1 N–H and O–H groups in total. The highest BCUT2D eigenvalue weighted by Crippen LogP contribution is 2.28. The normalized spacial score (nSPS) is 10.6. The van der Waals surface area contributed by atoms with E-state index in [1.165, 1.54) is 0 Å². The predicted octanol–water partition coefficient (Wildman–Crippen LogP) is 4.61. The van der Waals surface area contributed by atoms with Crippen molar-refractivity contribution < 1.29 is 19.4 Å². The molecule has 128 valence electrons. The molecule has 3 aromatic rings. The number of fused-ring (bicyclic) bond motifs is 1. The Hall–Kier alpha value is -3.01. The fraction of sp³-hybridized carbons (Fsp3) is 0.190. The molecule has 4 nitrogen and oxygen atoms in total. The summed E-state index contributed by atoms with van der Waals surface area (Å²) < 4.78 is 11.4. The molecule has 3 aromatic carbocycles. The van der Waals surface area contributed by atoms with E-state index in [2.05, 4.69) is 0 Å². The molecule has 0 aliphatic rings. The van der Waals surface area contributed by atoms with Crippen LogP contribution in [0.3, 0.4) is 0 Å². The van der Waals surface area contributed by atoms with E-state index >= 15 is 0 Å². The lowest BCUT2D eigenvalue weighted by Crippen LogP contribution is -2.12. The summed E-state index contributed by atoms with van der Waals surface area (Å²) in [6.45, 7) is 4.61. The van der Waals surface area contributed by atoms with Gasteiger partial charge in [0.25, 0.3) is 0 Å². The van der Waals surface area contributed by atoms with Crippen LogP contribution in [0, 0.1) is 13.8 Å².